The molecule has 5 aromatic carbocycles. The third-order valence-electron chi connectivity index (χ3n) is 4.57. The molecule has 0 aliphatic rings. The molecular weight excluding hydrogens is 280 g/mol. The zero-order valence-electron chi connectivity index (χ0n) is 12.6. The van der Waals surface area contributed by atoms with Crippen molar-refractivity contribution in [3.63, 3.8) is 0 Å². The van der Waals surface area contributed by atoms with Crippen LogP contribution in [0.2, 0.25) is 0 Å². The fourth-order valence-electron chi connectivity index (χ4n) is 3.44. The maximum Gasteiger partial charge on any atom is -0.00988 e. The van der Waals surface area contributed by atoms with Gasteiger partial charge in [0.1, 0.15) is 0 Å². The Labute approximate surface area is 134 Å². The molecule has 0 amide bonds. The molecule has 0 aliphatic carbocycles. The predicted molar refractivity (Wildman–Crippen MR) is 100 cm³/mol. The predicted octanol–water partition coefficient (Wildman–Crippen LogP) is 5.47. The highest BCUT2D eigenvalue weighted by Gasteiger charge is 2.04. The van der Waals surface area contributed by atoms with Crippen LogP contribution in [0.15, 0.2) is 84.9 Å². The Morgan fingerprint density at radius 1 is 0.348 bits per heavy atom. The summed E-state index contributed by atoms with van der Waals surface area (Å²) in [6.45, 7) is 0. The lowest BCUT2D eigenvalue weighted by molar-refractivity contribution is 0.824. The molecule has 0 atom stereocenters. The molecule has 5 rings (SSSR count). The normalized spacial score (nSPS) is 11.1. The average Bonchev–Trinajstić information content (AvgIpc) is 2.58. The molecule has 0 fully saturated rings. The van der Waals surface area contributed by atoms with Crippen molar-refractivity contribution in [1.29, 1.82) is 0 Å². The SMILES string of the molecule is O.c1ccc2cc3c(ccc4cc5ccccc5cc43)cc2c1. The number of fused-ring (bicyclic) bond motifs is 5. The molecule has 0 aliphatic heterocycles. The van der Waals surface area contributed by atoms with Crippen LogP contribution in [0.1, 0.15) is 0 Å². The summed E-state index contributed by atoms with van der Waals surface area (Å²) >= 11 is 0. The molecule has 0 saturated heterocycles. The third kappa shape index (κ3) is 2.06. The van der Waals surface area contributed by atoms with Gasteiger partial charge in [0, 0.05) is 0 Å². The summed E-state index contributed by atoms with van der Waals surface area (Å²) in [5, 5.41) is 10.5. The smallest absolute Gasteiger partial charge is 0.00988 e. The monoisotopic (exact) mass is 296 g/mol. The van der Waals surface area contributed by atoms with E-state index in [0.717, 1.165) is 0 Å². The lowest BCUT2D eigenvalue weighted by atomic mass is 9.96. The fourth-order valence-corrected chi connectivity index (χ4v) is 3.44. The van der Waals surface area contributed by atoms with E-state index in [9.17, 15) is 0 Å². The average molecular weight is 296 g/mol. The second-order valence-corrected chi connectivity index (χ2v) is 5.91. The third-order valence-corrected chi connectivity index (χ3v) is 4.57. The second kappa shape index (κ2) is 5.08. The molecule has 0 heterocycles. The summed E-state index contributed by atoms with van der Waals surface area (Å²) in [7, 11) is 0. The first kappa shape index (κ1) is 13.7. The Bertz CT molecular complexity index is 1080. The number of rotatable bonds is 0. The molecule has 23 heavy (non-hydrogen) atoms. The topological polar surface area (TPSA) is 31.5 Å². The van der Waals surface area contributed by atoms with E-state index in [1.165, 1.54) is 43.1 Å². The fraction of sp³-hybridized carbons (Fsp3) is 0. The minimum absolute atomic E-state index is 0. The van der Waals surface area contributed by atoms with Gasteiger partial charge < -0.3 is 5.48 Å². The van der Waals surface area contributed by atoms with Crippen LogP contribution >= 0.6 is 0 Å². The van der Waals surface area contributed by atoms with Crippen LogP contribution in [0.4, 0.5) is 0 Å². The van der Waals surface area contributed by atoms with Crippen molar-refractivity contribution < 1.29 is 5.48 Å². The van der Waals surface area contributed by atoms with Gasteiger partial charge in [-0.15, -0.1) is 0 Å². The van der Waals surface area contributed by atoms with Gasteiger partial charge in [0.05, 0.1) is 0 Å². The van der Waals surface area contributed by atoms with Crippen molar-refractivity contribution in [2.45, 2.75) is 0 Å². The molecular formula is C22H16O. The van der Waals surface area contributed by atoms with Gasteiger partial charge in [-0.1, -0.05) is 60.7 Å². The Kier molecular flexibility index (Phi) is 3.03. The van der Waals surface area contributed by atoms with E-state index in [0.29, 0.717) is 0 Å². The lowest BCUT2D eigenvalue weighted by Crippen LogP contribution is -1.81. The van der Waals surface area contributed by atoms with Crippen LogP contribution in [-0.2, 0) is 0 Å². The van der Waals surface area contributed by atoms with E-state index in [2.05, 4.69) is 84.9 Å². The van der Waals surface area contributed by atoms with Crippen LogP contribution in [0.25, 0.3) is 43.1 Å². The number of benzene rings is 5. The van der Waals surface area contributed by atoms with Crippen LogP contribution < -0.4 is 0 Å². The molecule has 0 radical (unpaired) electrons. The van der Waals surface area contributed by atoms with Crippen LogP contribution in [0.3, 0.4) is 0 Å². The minimum Gasteiger partial charge on any atom is -0.412 e. The molecule has 0 unspecified atom stereocenters. The van der Waals surface area contributed by atoms with E-state index < -0.39 is 0 Å². The van der Waals surface area contributed by atoms with Gasteiger partial charge in [0.25, 0.3) is 0 Å². The van der Waals surface area contributed by atoms with Crippen molar-refractivity contribution in [3.8, 4) is 0 Å². The van der Waals surface area contributed by atoms with Gasteiger partial charge in [-0.2, -0.15) is 0 Å². The summed E-state index contributed by atoms with van der Waals surface area (Å²) < 4.78 is 0. The molecule has 110 valence electrons. The van der Waals surface area contributed by atoms with Gasteiger partial charge in [-0.05, 0) is 67.4 Å². The molecule has 0 aromatic heterocycles. The summed E-state index contributed by atoms with van der Waals surface area (Å²) in [5.74, 6) is 0. The van der Waals surface area contributed by atoms with Crippen molar-refractivity contribution >= 4 is 43.1 Å². The molecule has 0 saturated carbocycles. The van der Waals surface area contributed by atoms with Gasteiger partial charge in [-0.3, -0.25) is 0 Å². The molecule has 2 N–H and O–H groups in total. The van der Waals surface area contributed by atoms with Gasteiger partial charge in [0.15, 0.2) is 0 Å². The van der Waals surface area contributed by atoms with Crippen LogP contribution in [0, 0.1) is 0 Å². The van der Waals surface area contributed by atoms with Crippen LogP contribution in [0.5, 0.6) is 0 Å². The van der Waals surface area contributed by atoms with Crippen molar-refractivity contribution in [2.75, 3.05) is 0 Å². The van der Waals surface area contributed by atoms with E-state index >= 15 is 0 Å². The first-order chi connectivity index (χ1) is 10.9. The van der Waals surface area contributed by atoms with E-state index in [1.807, 2.05) is 0 Å². The maximum atomic E-state index is 2.32. The molecule has 1 heteroatoms. The van der Waals surface area contributed by atoms with Gasteiger partial charge in [-0.25, -0.2) is 0 Å². The first-order valence-electron chi connectivity index (χ1n) is 7.62. The Morgan fingerprint density at radius 2 is 0.696 bits per heavy atom. The molecule has 0 spiro atoms. The minimum atomic E-state index is 0. The van der Waals surface area contributed by atoms with Crippen LogP contribution in [-0.4, -0.2) is 5.48 Å². The van der Waals surface area contributed by atoms with E-state index in [-0.39, 0.29) is 5.48 Å². The second-order valence-electron chi connectivity index (χ2n) is 5.91. The zero-order chi connectivity index (χ0) is 14.5. The van der Waals surface area contributed by atoms with Crippen molar-refractivity contribution in [2.24, 2.45) is 0 Å². The number of hydrogen-bond acceptors (Lipinski definition) is 0. The standard InChI is InChI=1S/C22H14.H2O/c1-3-7-17-13-21-19(11-15(17)5-1)9-10-20-12-16-6-2-4-8-18(16)14-22(20)21;/h1-14H;1H2. The van der Waals surface area contributed by atoms with Crippen molar-refractivity contribution in [1.82, 2.24) is 0 Å². The van der Waals surface area contributed by atoms with E-state index in [1.54, 1.807) is 0 Å². The van der Waals surface area contributed by atoms with Gasteiger partial charge in [0.2, 0.25) is 0 Å². The summed E-state index contributed by atoms with van der Waals surface area (Å²) in [5.41, 5.74) is 0. The molecule has 5 aromatic rings. The largest absolute Gasteiger partial charge is 0.412 e. The Balaban J connectivity index is 0.00000135. The van der Waals surface area contributed by atoms with Crippen molar-refractivity contribution in [3.05, 3.63) is 84.9 Å². The maximum absolute atomic E-state index is 2.32. The zero-order valence-corrected chi connectivity index (χ0v) is 12.6. The lowest BCUT2D eigenvalue weighted by Gasteiger charge is -2.08. The summed E-state index contributed by atoms with van der Waals surface area (Å²) in [6.07, 6.45) is 0. The highest BCUT2D eigenvalue weighted by atomic mass is 16.0. The van der Waals surface area contributed by atoms with E-state index in [4.69, 9.17) is 0 Å². The number of hydrogen-bond donors (Lipinski definition) is 0. The summed E-state index contributed by atoms with van der Waals surface area (Å²) in [6, 6.07) is 30.8. The van der Waals surface area contributed by atoms with Gasteiger partial charge >= 0.3 is 0 Å². The highest BCUT2D eigenvalue weighted by Crippen LogP contribution is 2.32. The summed E-state index contributed by atoms with van der Waals surface area (Å²) in [4.78, 5) is 0. The highest BCUT2D eigenvalue weighted by molar-refractivity contribution is 6.15. The Hall–Kier alpha value is -2.90. The molecule has 0 bridgehead atoms. The first-order valence-corrected chi connectivity index (χ1v) is 7.62. The quantitative estimate of drug-likeness (QED) is 0.268. The molecule has 1 nitrogen and oxygen atoms in total. The Morgan fingerprint density at radius 3 is 1.09 bits per heavy atom.